The van der Waals surface area contributed by atoms with Crippen molar-refractivity contribution in [1.29, 1.82) is 0 Å². The van der Waals surface area contributed by atoms with E-state index in [0.717, 1.165) is 4.90 Å². The van der Waals surface area contributed by atoms with Crippen molar-refractivity contribution in [2.24, 2.45) is 34.3 Å². The molecular weight excluding hydrogens is 486 g/mol. The predicted octanol–water partition coefficient (Wildman–Crippen LogP) is 2.10. The summed E-state index contributed by atoms with van der Waals surface area (Å²) in [5.74, 6) is -10.1. The number of amides is 5. The lowest BCUT2D eigenvalue weighted by Crippen LogP contribution is -2.60. The van der Waals surface area contributed by atoms with Gasteiger partial charge in [-0.3, -0.25) is 19.2 Å². The molecule has 1 saturated heterocycles. The van der Waals surface area contributed by atoms with Gasteiger partial charge < -0.3 is 26.6 Å². The monoisotopic (exact) mass is 549 g/mol. The molecular formula is C28H47N5O5. The number of hydrogen-bond acceptors (Lipinski definition) is 5. The Hall–Kier alpha value is -2.65. The van der Waals surface area contributed by atoms with Crippen molar-refractivity contribution in [1.82, 2.24) is 20.9 Å². The fraction of sp³-hybridized carbons (Fsp3) is 0.821. The van der Waals surface area contributed by atoms with E-state index in [0.29, 0.717) is 0 Å². The topological polar surface area (TPSA) is 151 Å². The molecule has 3 fully saturated rings. The number of primary amides is 1. The highest BCUT2D eigenvalue weighted by Crippen LogP contribution is 2.65. The third-order valence-corrected chi connectivity index (χ3v) is 7.07. The molecule has 10 heteroatoms. The van der Waals surface area contributed by atoms with Gasteiger partial charge in [0.15, 0.2) is 0 Å². The zero-order valence-corrected chi connectivity index (χ0v) is 22.1. The standard InChI is InChI=1S/C28H47N5O5/c1-26(2,3)13-18(31-25(38)32-27(4,5)6)24(37)33-14-16-19(28(16,7)8)20(33)23(36)30-17(21(34)22(29)35)12-15-10-9-11-15/h15-20H,9-14H2,1-8H3,(H2,29,35)(H,30,36)(H2,31,32,38)/t16-,17?,18-,19-,20-/m0/s1/i1D3,2D3,3D3,9D2,10D2,11D2,15D. The highest BCUT2D eigenvalue weighted by atomic mass is 16.2. The van der Waals surface area contributed by atoms with Crippen molar-refractivity contribution in [3.8, 4) is 0 Å². The first-order valence-electron chi connectivity index (χ1n) is 20.2. The van der Waals surface area contributed by atoms with Gasteiger partial charge >= 0.3 is 6.03 Å². The summed E-state index contributed by atoms with van der Waals surface area (Å²) in [4.78, 5) is 67.7. The molecule has 0 aromatic heterocycles. The summed E-state index contributed by atoms with van der Waals surface area (Å²) in [6.07, 6.45) is -12.5. The van der Waals surface area contributed by atoms with E-state index in [9.17, 15) is 24.0 Å². The van der Waals surface area contributed by atoms with Gasteiger partial charge in [-0.25, -0.2) is 4.79 Å². The number of nitrogens with zero attached hydrogens (tertiary/aromatic N) is 1. The lowest BCUT2D eigenvalue weighted by atomic mass is 9.80. The molecule has 5 amide bonds. The zero-order chi connectivity index (χ0) is 42.6. The molecule has 0 aromatic carbocycles. The van der Waals surface area contributed by atoms with Gasteiger partial charge in [-0.2, -0.15) is 0 Å². The summed E-state index contributed by atoms with van der Waals surface area (Å²) in [7, 11) is 0. The maximum atomic E-state index is 14.5. The third-order valence-electron chi connectivity index (χ3n) is 7.07. The average molecular weight is 550 g/mol. The van der Waals surface area contributed by atoms with Crippen LogP contribution in [0.1, 0.15) is 109 Å². The molecule has 5 atom stereocenters. The molecule has 3 aliphatic rings. The second kappa shape index (κ2) is 10.5. The van der Waals surface area contributed by atoms with Crippen LogP contribution in [0, 0.1) is 28.6 Å². The van der Waals surface area contributed by atoms with Gasteiger partial charge in [-0.15, -0.1) is 0 Å². The Labute approximate surface area is 249 Å². The van der Waals surface area contributed by atoms with E-state index in [1.807, 2.05) is 0 Å². The number of fused-ring (bicyclic) bond motifs is 1. The number of nitrogens with two attached hydrogens (primary N) is 1. The molecule has 1 aliphatic heterocycles. The van der Waals surface area contributed by atoms with E-state index in [1.54, 1.807) is 13.8 Å². The molecule has 5 N–H and O–H groups in total. The minimum absolute atomic E-state index is 0.280. The van der Waals surface area contributed by atoms with Crippen LogP contribution in [0.5, 0.6) is 0 Å². The molecule has 2 aliphatic carbocycles. The van der Waals surface area contributed by atoms with Crippen molar-refractivity contribution in [2.75, 3.05) is 6.54 Å². The zero-order valence-electron chi connectivity index (χ0n) is 38.1. The van der Waals surface area contributed by atoms with Crippen LogP contribution in [0.3, 0.4) is 0 Å². The normalized spacial score (nSPS) is 37.9. The Morgan fingerprint density at radius 1 is 1.11 bits per heavy atom. The first-order valence-corrected chi connectivity index (χ1v) is 12.2. The summed E-state index contributed by atoms with van der Waals surface area (Å²) in [5.41, 5.74) is -0.0979. The first-order chi connectivity index (χ1) is 23.7. The quantitative estimate of drug-likeness (QED) is 0.325. The molecule has 0 bridgehead atoms. The van der Waals surface area contributed by atoms with E-state index in [1.165, 1.54) is 20.8 Å². The van der Waals surface area contributed by atoms with Crippen LogP contribution >= 0.6 is 0 Å². The van der Waals surface area contributed by atoms with Crippen molar-refractivity contribution < 1.29 is 45.9 Å². The lowest BCUT2D eigenvalue weighted by Gasteiger charge is -2.36. The van der Waals surface area contributed by atoms with Crippen LogP contribution in [-0.2, 0) is 19.2 Å². The van der Waals surface area contributed by atoms with E-state index < -0.39 is 134 Å². The molecule has 2 saturated carbocycles. The lowest BCUT2D eigenvalue weighted by molar-refractivity contribution is -0.144. The number of Topliss-reactive ketones (excluding diaryl/α,β-unsaturated/α-hetero) is 1. The number of likely N-dealkylation sites (tertiary alicyclic amines) is 1. The number of rotatable bonds is 9. The predicted molar refractivity (Wildman–Crippen MR) is 144 cm³/mol. The van der Waals surface area contributed by atoms with Crippen LogP contribution in [0.2, 0.25) is 0 Å². The number of carbonyl (C=O) groups excluding carboxylic acids is 5. The second-order valence-electron chi connectivity index (χ2n) is 11.7. The largest absolute Gasteiger partial charge is 0.363 e. The molecule has 0 aromatic rings. The van der Waals surface area contributed by atoms with Gasteiger partial charge in [-0.1, -0.05) is 53.5 Å². The number of nitrogens with one attached hydrogen (secondary N) is 3. The van der Waals surface area contributed by atoms with Gasteiger partial charge in [0.05, 0.1) is 6.04 Å². The number of ketones is 1. The summed E-state index contributed by atoms with van der Waals surface area (Å²) in [6.45, 7) is -3.58. The van der Waals surface area contributed by atoms with Crippen molar-refractivity contribution >= 4 is 29.5 Å². The SMILES string of the molecule is [2H]C([2H])([2H])C(C[C@H](NC(=O)NC(C)(C)C)C(=O)N1C[C@H]2[C@@H]([C@H]1C(=O)NC(CC1([2H])C([2H])([2H])C([2H])([2H])C1([2H])[2H])C(=O)C(N)=O)C2(C)C)(C([2H])([2H])[2H])C([2H])([2H])[2H]. The summed E-state index contributed by atoms with van der Waals surface area (Å²) in [5, 5.41) is 6.80. The molecule has 1 unspecified atom stereocenters. The van der Waals surface area contributed by atoms with Gasteiger partial charge in [0.2, 0.25) is 17.6 Å². The van der Waals surface area contributed by atoms with Gasteiger partial charge in [0, 0.05) is 34.0 Å². The molecule has 3 rings (SSSR count). The fourth-order valence-corrected chi connectivity index (χ4v) is 5.15. The minimum Gasteiger partial charge on any atom is -0.363 e. The average Bonchev–Trinajstić information content (AvgIpc) is 3.26. The van der Waals surface area contributed by atoms with Crippen LogP contribution in [0.25, 0.3) is 0 Å². The molecule has 214 valence electrons. The van der Waals surface area contributed by atoms with Crippen LogP contribution < -0.4 is 21.7 Å². The van der Waals surface area contributed by atoms with Gasteiger partial charge in [-0.05, 0) is 62.2 Å². The molecule has 0 spiro atoms. The highest BCUT2D eigenvalue weighted by Gasteiger charge is 2.69. The molecule has 0 radical (unpaired) electrons. The first kappa shape index (κ1) is 14.7. The summed E-state index contributed by atoms with van der Waals surface area (Å²) in [6, 6.07) is -7.19. The van der Waals surface area contributed by atoms with Crippen molar-refractivity contribution in [2.45, 2.75) is 111 Å². The van der Waals surface area contributed by atoms with E-state index in [2.05, 4.69) is 16.0 Å². The van der Waals surface area contributed by atoms with E-state index in [-0.39, 0.29) is 6.54 Å². The maximum absolute atomic E-state index is 14.5. The molecule has 1 heterocycles. The van der Waals surface area contributed by atoms with Gasteiger partial charge in [0.1, 0.15) is 12.1 Å². The van der Waals surface area contributed by atoms with Crippen LogP contribution in [0.4, 0.5) is 4.79 Å². The number of hydrogen-bond donors (Lipinski definition) is 4. The molecule has 10 nitrogen and oxygen atoms in total. The Kier molecular flexibility index (Phi) is 4.05. The maximum Gasteiger partial charge on any atom is 0.315 e. The highest BCUT2D eigenvalue weighted by molar-refractivity contribution is 6.37. The number of piperidine rings is 1. The fourth-order valence-electron chi connectivity index (χ4n) is 5.15. The van der Waals surface area contributed by atoms with Crippen LogP contribution in [0.15, 0.2) is 0 Å². The Balaban J connectivity index is 2.13. The smallest absolute Gasteiger partial charge is 0.315 e. The van der Waals surface area contributed by atoms with E-state index >= 15 is 0 Å². The Morgan fingerprint density at radius 3 is 2.29 bits per heavy atom. The van der Waals surface area contributed by atoms with Crippen molar-refractivity contribution in [3.63, 3.8) is 0 Å². The van der Waals surface area contributed by atoms with Crippen molar-refractivity contribution in [3.05, 3.63) is 0 Å². The third kappa shape index (κ3) is 6.86. The van der Waals surface area contributed by atoms with E-state index in [4.69, 9.17) is 27.7 Å². The summed E-state index contributed by atoms with van der Waals surface area (Å²) < 4.78 is 129. The molecule has 38 heavy (non-hydrogen) atoms. The number of carbonyl (C=O) groups is 5. The summed E-state index contributed by atoms with van der Waals surface area (Å²) >= 11 is 0. The Morgan fingerprint density at radius 2 is 1.74 bits per heavy atom. The van der Waals surface area contributed by atoms with Crippen LogP contribution in [-0.4, -0.2) is 64.6 Å². The number of urea groups is 1. The Bertz CT molecular complexity index is 1510. The van der Waals surface area contributed by atoms with Gasteiger partial charge in [0.25, 0.3) is 5.91 Å². The second-order valence-corrected chi connectivity index (χ2v) is 11.7. The minimum atomic E-state index is -3.78.